The Hall–Kier alpha value is -2.17. The Balaban J connectivity index is 2.17. The number of fused-ring (bicyclic) bond motifs is 1. The topological polar surface area (TPSA) is 26.2 Å². The molecule has 2 atom stereocenters. The first-order valence-electron chi connectivity index (χ1n) is 7.73. The quantitative estimate of drug-likeness (QED) is 0.752. The van der Waals surface area contributed by atoms with Crippen LogP contribution in [0.1, 0.15) is 11.6 Å². The number of hydrogen-bond acceptors (Lipinski definition) is 2. The summed E-state index contributed by atoms with van der Waals surface area (Å²) in [5, 5.41) is 4.06. The molecule has 1 heterocycles. The number of nitrogens with one attached hydrogen (secondary N) is 1. The molecule has 0 bridgehead atoms. The fraction of sp³-hybridized carbons (Fsp3) is 0.263. The summed E-state index contributed by atoms with van der Waals surface area (Å²) in [6, 6.07) is 17.1. The van der Waals surface area contributed by atoms with Crippen molar-refractivity contribution < 1.29 is 9.13 Å². The summed E-state index contributed by atoms with van der Waals surface area (Å²) in [5.74, 6) is -0.215. The predicted molar refractivity (Wildman–Crippen MR) is 91.2 cm³/mol. The van der Waals surface area contributed by atoms with Crippen molar-refractivity contribution in [3.63, 3.8) is 0 Å². The van der Waals surface area contributed by atoms with Crippen molar-refractivity contribution in [2.75, 3.05) is 20.7 Å². The summed E-state index contributed by atoms with van der Waals surface area (Å²) < 4.78 is 22.1. The highest BCUT2D eigenvalue weighted by Crippen LogP contribution is 2.30. The predicted octanol–water partition coefficient (Wildman–Crippen LogP) is 3.60. The minimum absolute atomic E-state index is 0.108. The van der Waals surface area contributed by atoms with E-state index in [0.717, 1.165) is 10.9 Å². The number of para-hydroxylation sites is 1. The molecule has 0 saturated carbocycles. The van der Waals surface area contributed by atoms with Crippen LogP contribution in [-0.2, 0) is 4.74 Å². The normalized spacial score (nSPS) is 14.0. The molecule has 1 aromatic heterocycles. The van der Waals surface area contributed by atoms with Crippen LogP contribution in [0.15, 0.2) is 60.8 Å². The Morgan fingerprint density at radius 2 is 1.87 bits per heavy atom. The van der Waals surface area contributed by atoms with Gasteiger partial charge < -0.3 is 14.6 Å². The second kappa shape index (κ2) is 6.94. The lowest BCUT2D eigenvalue weighted by atomic mass is 10.0. The Labute approximate surface area is 135 Å². The third kappa shape index (κ3) is 3.00. The van der Waals surface area contributed by atoms with Crippen LogP contribution in [0, 0.1) is 5.82 Å². The number of hydrogen-bond donors (Lipinski definition) is 1. The summed E-state index contributed by atoms with van der Waals surface area (Å²) >= 11 is 0. The van der Waals surface area contributed by atoms with E-state index >= 15 is 0 Å². The molecule has 0 aliphatic heterocycles. The van der Waals surface area contributed by atoms with Crippen LogP contribution in [0.25, 0.3) is 10.9 Å². The van der Waals surface area contributed by atoms with Gasteiger partial charge in [0.2, 0.25) is 0 Å². The summed E-state index contributed by atoms with van der Waals surface area (Å²) in [4.78, 5) is 0. The number of halogens is 1. The highest BCUT2D eigenvalue weighted by molar-refractivity contribution is 5.81. The van der Waals surface area contributed by atoms with Crippen molar-refractivity contribution in [3.8, 4) is 0 Å². The van der Waals surface area contributed by atoms with E-state index in [2.05, 4.69) is 17.4 Å². The molecule has 120 valence electrons. The van der Waals surface area contributed by atoms with Crippen LogP contribution in [0.2, 0.25) is 0 Å². The van der Waals surface area contributed by atoms with E-state index < -0.39 is 0 Å². The summed E-state index contributed by atoms with van der Waals surface area (Å²) in [5.41, 5.74) is 1.70. The van der Waals surface area contributed by atoms with Gasteiger partial charge in [-0.15, -0.1) is 0 Å². The van der Waals surface area contributed by atoms with Crippen LogP contribution in [0.4, 0.5) is 4.39 Å². The van der Waals surface area contributed by atoms with Crippen molar-refractivity contribution in [2.45, 2.75) is 12.1 Å². The van der Waals surface area contributed by atoms with Crippen molar-refractivity contribution in [3.05, 3.63) is 72.2 Å². The maximum atomic E-state index is 14.4. The van der Waals surface area contributed by atoms with Gasteiger partial charge in [-0.2, -0.15) is 0 Å². The van der Waals surface area contributed by atoms with Crippen LogP contribution in [0.5, 0.6) is 0 Å². The van der Waals surface area contributed by atoms with Gasteiger partial charge in [-0.1, -0.05) is 42.5 Å². The van der Waals surface area contributed by atoms with Gasteiger partial charge in [0.15, 0.2) is 0 Å². The summed E-state index contributed by atoms with van der Waals surface area (Å²) in [6.45, 7) is 0.671. The maximum absolute atomic E-state index is 14.4. The number of rotatable bonds is 6. The molecule has 2 aromatic carbocycles. The SMILES string of the molecule is CNC[C@@H](OC)[C@H](c1ccccc1)n1ccc2cccc(F)c21. The van der Waals surface area contributed by atoms with Gasteiger partial charge >= 0.3 is 0 Å². The average Bonchev–Trinajstić information content (AvgIpc) is 3.00. The number of ether oxygens (including phenoxy) is 1. The Morgan fingerprint density at radius 1 is 1.09 bits per heavy atom. The number of likely N-dealkylation sites (N-methyl/N-ethyl adjacent to an activating group) is 1. The first kappa shape index (κ1) is 15.7. The van der Waals surface area contributed by atoms with Gasteiger partial charge in [0.1, 0.15) is 5.82 Å². The first-order chi connectivity index (χ1) is 11.3. The first-order valence-corrected chi connectivity index (χ1v) is 7.73. The Bertz CT molecular complexity index is 769. The van der Waals surface area contributed by atoms with E-state index in [9.17, 15) is 4.39 Å². The van der Waals surface area contributed by atoms with E-state index in [4.69, 9.17) is 4.74 Å². The number of benzene rings is 2. The molecule has 4 heteroatoms. The van der Waals surface area contributed by atoms with E-state index in [1.165, 1.54) is 6.07 Å². The van der Waals surface area contributed by atoms with Crippen LogP contribution in [0.3, 0.4) is 0 Å². The molecule has 0 amide bonds. The van der Waals surface area contributed by atoms with Gasteiger partial charge in [-0.25, -0.2) is 4.39 Å². The van der Waals surface area contributed by atoms with Gasteiger partial charge in [0, 0.05) is 25.2 Å². The highest BCUT2D eigenvalue weighted by Gasteiger charge is 2.26. The van der Waals surface area contributed by atoms with Gasteiger partial charge in [-0.3, -0.25) is 0 Å². The fourth-order valence-corrected chi connectivity index (χ4v) is 3.14. The Kier molecular flexibility index (Phi) is 4.74. The van der Waals surface area contributed by atoms with Crippen LogP contribution < -0.4 is 5.32 Å². The standard InChI is InChI=1S/C19H21FN2O/c1-21-13-17(23-2)19(14-7-4-3-5-8-14)22-12-11-15-9-6-10-16(20)18(15)22/h3-12,17,19,21H,13H2,1-2H3/t17-,19+/m1/s1. The number of nitrogens with zero attached hydrogens (tertiary/aromatic N) is 1. The van der Waals surface area contributed by atoms with Gasteiger partial charge in [0.05, 0.1) is 17.7 Å². The lowest BCUT2D eigenvalue weighted by molar-refractivity contribution is 0.0721. The third-order valence-corrected chi connectivity index (χ3v) is 4.19. The molecule has 0 fully saturated rings. The van der Waals surface area contributed by atoms with Crippen molar-refractivity contribution in [1.82, 2.24) is 9.88 Å². The molecule has 0 aliphatic carbocycles. The zero-order chi connectivity index (χ0) is 16.2. The van der Waals surface area contributed by atoms with E-state index in [1.807, 2.05) is 48.1 Å². The average molecular weight is 312 g/mol. The van der Waals surface area contributed by atoms with E-state index in [1.54, 1.807) is 13.2 Å². The molecule has 0 spiro atoms. The monoisotopic (exact) mass is 312 g/mol. The lowest BCUT2D eigenvalue weighted by Crippen LogP contribution is -2.35. The zero-order valence-electron chi connectivity index (χ0n) is 13.4. The lowest BCUT2D eigenvalue weighted by Gasteiger charge is -2.29. The smallest absolute Gasteiger partial charge is 0.147 e. The number of methoxy groups -OCH3 is 1. The van der Waals surface area contributed by atoms with E-state index in [-0.39, 0.29) is 18.0 Å². The van der Waals surface area contributed by atoms with Crippen LogP contribution in [-0.4, -0.2) is 31.4 Å². The molecule has 0 radical (unpaired) electrons. The molecule has 1 N–H and O–H groups in total. The van der Waals surface area contributed by atoms with Gasteiger partial charge in [-0.05, 0) is 24.7 Å². The minimum atomic E-state index is -0.215. The molecular weight excluding hydrogens is 291 g/mol. The fourth-order valence-electron chi connectivity index (χ4n) is 3.14. The molecule has 3 aromatic rings. The maximum Gasteiger partial charge on any atom is 0.147 e. The molecule has 0 unspecified atom stereocenters. The number of aromatic nitrogens is 1. The third-order valence-electron chi connectivity index (χ3n) is 4.19. The van der Waals surface area contributed by atoms with Gasteiger partial charge in [0.25, 0.3) is 0 Å². The minimum Gasteiger partial charge on any atom is -0.378 e. The molecule has 23 heavy (non-hydrogen) atoms. The molecule has 0 saturated heterocycles. The second-order valence-corrected chi connectivity index (χ2v) is 5.59. The van der Waals surface area contributed by atoms with Crippen LogP contribution >= 0.6 is 0 Å². The molecule has 3 nitrogen and oxygen atoms in total. The molecule has 3 rings (SSSR count). The summed E-state index contributed by atoms with van der Waals surface area (Å²) in [6.07, 6.45) is 1.82. The van der Waals surface area contributed by atoms with Crippen molar-refractivity contribution in [2.24, 2.45) is 0 Å². The highest BCUT2D eigenvalue weighted by atomic mass is 19.1. The summed E-state index contributed by atoms with van der Waals surface area (Å²) in [7, 11) is 3.59. The largest absolute Gasteiger partial charge is 0.378 e. The van der Waals surface area contributed by atoms with E-state index in [0.29, 0.717) is 12.1 Å². The molecular formula is C19H21FN2O. The zero-order valence-corrected chi connectivity index (χ0v) is 13.4. The second-order valence-electron chi connectivity index (χ2n) is 5.59. The molecule has 0 aliphatic rings. The Morgan fingerprint density at radius 3 is 2.57 bits per heavy atom. The van der Waals surface area contributed by atoms with Crippen molar-refractivity contribution in [1.29, 1.82) is 0 Å². The van der Waals surface area contributed by atoms with Crippen molar-refractivity contribution >= 4 is 10.9 Å².